The monoisotopic (exact) mass is 699 g/mol. The van der Waals surface area contributed by atoms with Crippen LogP contribution in [0.25, 0.3) is 104 Å². The molecule has 55 heavy (non-hydrogen) atoms. The molecule has 0 amide bonds. The average Bonchev–Trinajstić information content (AvgIpc) is 3.89. The van der Waals surface area contributed by atoms with E-state index in [-0.39, 0.29) is 0 Å². The van der Waals surface area contributed by atoms with Crippen molar-refractivity contribution in [2.24, 2.45) is 0 Å². The maximum absolute atomic E-state index is 2.50. The van der Waals surface area contributed by atoms with Gasteiger partial charge in [-0.05, 0) is 77.2 Å². The van der Waals surface area contributed by atoms with E-state index in [0.717, 1.165) is 5.69 Å². The fraction of sp³-hybridized carbons (Fsp3) is 0. The quantitative estimate of drug-likeness (QED) is 0.174. The van der Waals surface area contributed by atoms with Crippen molar-refractivity contribution in [1.29, 1.82) is 0 Å². The Morgan fingerprint density at radius 2 is 0.800 bits per heavy atom. The van der Waals surface area contributed by atoms with E-state index >= 15 is 0 Å². The van der Waals surface area contributed by atoms with Gasteiger partial charge in [-0.1, -0.05) is 140 Å². The summed E-state index contributed by atoms with van der Waals surface area (Å²) in [5.74, 6) is 0. The largest absolute Gasteiger partial charge is 0.309 e. The van der Waals surface area contributed by atoms with Crippen LogP contribution < -0.4 is 0 Å². The van der Waals surface area contributed by atoms with E-state index in [0.29, 0.717) is 0 Å². The Morgan fingerprint density at radius 1 is 0.273 bits per heavy atom. The molecule has 0 fully saturated rings. The second-order valence-corrected chi connectivity index (χ2v) is 14.5. The Morgan fingerprint density at radius 3 is 1.58 bits per heavy atom. The molecule has 0 bridgehead atoms. The van der Waals surface area contributed by atoms with E-state index < -0.39 is 0 Å². The molecule has 12 aromatic rings. The van der Waals surface area contributed by atoms with Crippen molar-refractivity contribution in [2.75, 3.05) is 0 Å². The van der Waals surface area contributed by atoms with Crippen LogP contribution in [0.3, 0.4) is 0 Å². The number of rotatable bonds is 4. The number of fused-ring (bicyclic) bond motifs is 11. The van der Waals surface area contributed by atoms with E-state index in [1.807, 2.05) is 0 Å². The summed E-state index contributed by atoms with van der Waals surface area (Å²) in [5.41, 5.74) is 13.2. The van der Waals surface area contributed by atoms with Crippen LogP contribution >= 0.6 is 0 Å². The van der Waals surface area contributed by atoms with Crippen LogP contribution in [0.2, 0.25) is 0 Å². The number of para-hydroxylation sites is 4. The van der Waals surface area contributed by atoms with Crippen LogP contribution in [0.15, 0.2) is 200 Å². The zero-order chi connectivity index (χ0) is 36.0. The molecule has 256 valence electrons. The van der Waals surface area contributed by atoms with E-state index in [2.05, 4.69) is 214 Å². The standard InChI is InChI=1S/C52H33N3/c1-2-15-37(16-3-1)54-46-21-9-6-18-40(46)42-30-27-36(33-50(42)54)34-25-28-38(29-26-34)53-48-23-11-8-20-44(48)51-49(53)32-31-43-41-19-7-10-22-47(41)55(52(43)51)45-24-12-14-35-13-4-5-17-39(35)45/h1-33H. The third-order valence-corrected chi connectivity index (χ3v) is 11.6. The first-order valence-corrected chi connectivity index (χ1v) is 18.9. The van der Waals surface area contributed by atoms with E-state index in [1.165, 1.54) is 98.7 Å². The molecule has 0 aliphatic rings. The Hall–Kier alpha value is -7.36. The highest BCUT2D eigenvalue weighted by Gasteiger charge is 2.21. The van der Waals surface area contributed by atoms with E-state index in [9.17, 15) is 0 Å². The molecule has 12 rings (SSSR count). The summed E-state index contributed by atoms with van der Waals surface area (Å²) < 4.78 is 7.33. The molecule has 0 atom stereocenters. The molecule has 0 aliphatic heterocycles. The van der Waals surface area contributed by atoms with Crippen molar-refractivity contribution < 1.29 is 0 Å². The van der Waals surface area contributed by atoms with Crippen LogP contribution in [-0.2, 0) is 0 Å². The van der Waals surface area contributed by atoms with Gasteiger partial charge < -0.3 is 13.7 Å². The molecule has 0 N–H and O–H groups in total. The van der Waals surface area contributed by atoms with Gasteiger partial charge in [0.25, 0.3) is 0 Å². The Kier molecular flexibility index (Phi) is 6.34. The van der Waals surface area contributed by atoms with Gasteiger partial charge in [0, 0.05) is 49.1 Å². The lowest BCUT2D eigenvalue weighted by molar-refractivity contribution is 1.18. The highest BCUT2D eigenvalue weighted by Crippen LogP contribution is 2.43. The van der Waals surface area contributed by atoms with Gasteiger partial charge in [-0.25, -0.2) is 0 Å². The predicted octanol–water partition coefficient (Wildman–Crippen LogP) is 13.8. The molecule has 3 nitrogen and oxygen atoms in total. The van der Waals surface area contributed by atoms with Gasteiger partial charge in [-0.15, -0.1) is 0 Å². The van der Waals surface area contributed by atoms with Crippen LogP contribution in [-0.4, -0.2) is 13.7 Å². The van der Waals surface area contributed by atoms with Crippen LogP contribution in [0.5, 0.6) is 0 Å². The topological polar surface area (TPSA) is 14.8 Å². The molecular weight excluding hydrogens is 667 g/mol. The average molecular weight is 700 g/mol. The SMILES string of the molecule is c1ccc(-n2c3ccccc3c3ccc(-c4ccc(-n5c6ccccc6c6c5ccc5c7ccccc7n(-c7cccc8ccccc78)c56)cc4)cc32)cc1. The lowest BCUT2D eigenvalue weighted by Crippen LogP contribution is -1.96. The molecule has 0 saturated heterocycles. The highest BCUT2D eigenvalue weighted by molar-refractivity contribution is 6.26. The zero-order valence-corrected chi connectivity index (χ0v) is 29.9. The number of hydrogen-bond donors (Lipinski definition) is 0. The lowest BCUT2D eigenvalue weighted by Gasteiger charge is -2.13. The summed E-state index contributed by atoms with van der Waals surface area (Å²) in [5, 5.41) is 10.0. The molecule has 0 saturated carbocycles. The van der Waals surface area contributed by atoms with Crippen molar-refractivity contribution in [1.82, 2.24) is 13.7 Å². The van der Waals surface area contributed by atoms with Crippen molar-refractivity contribution in [3.63, 3.8) is 0 Å². The maximum Gasteiger partial charge on any atom is 0.0641 e. The Bertz CT molecular complexity index is 3460. The summed E-state index contributed by atoms with van der Waals surface area (Å²) >= 11 is 0. The molecule has 3 heteroatoms. The maximum atomic E-state index is 2.50. The van der Waals surface area contributed by atoms with Gasteiger partial charge in [0.05, 0.1) is 38.8 Å². The highest BCUT2D eigenvalue weighted by atomic mass is 15.0. The van der Waals surface area contributed by atoms with Gasteiger partial charge in [-0.2, -0.15) is 0 Å². The van der Waals surface area contributed by atoms with Crippen LogP contribution in [0.4, 0.5) is 0 Å². The normalized spacial score (nSPS) is 12.0. The van der Waals surface area contributed by atoms with Gasteiger partial charge >= 0.3 is 0 Å². The lowest BCUT2D eigenvalue weighted by atomic mass is 10.0. The summed E-state index contributed by atoms with van der Waals surface area (Å²) in [6.45, 7) is 0. The Labute approximate surface area is 317 Å². The van der Waals surface area contributed by atoms with Crippen molar-refractivity contribution in [3.05, 3.63) is 200 Å². The summed E-state index contributed by atoms with van der Waals surface area (Å²) in [6, 6.07) is 73.1. The third-order valence-electron chi connectivity index (χ3n) is 11.6. The fourth-order valence-electron chi connectivity index (χ4n) is 9.25. The molecule has 0 aliphatic carbocycles. The minimum Gasteiger partial charge on any atom is -0.309 e. The van der Waals surface area contributed by atoms with Crippen molar-refractivity contribution >= 4 is 76.2 Å². The predicted molar refractivity (Wildman–Crippen MR) is 232 cm³/mol. The summed E-state index contributed by atoms with van der Waals surface area (Å²) in [6.07, 6.45) is 0. The molecule has 0 spiro atoms. The van der Waals surface area contributed by atoms with Gasteiger partial charge in [0.1, 0.15) is 0 Å². The van der Waals surface area contributed by atoms with E-state index in [1.54, 1.807) is 0 Å². The molecule has 0 radical (unpaired) electrons. The number of aromatic nitrogens is 3. The van der Waals surface area contributed by atoms with Crippen LogP contribution in [0, 0.1) is 0 Å². The first-order chi connectivity index (χ1) is 27.3. The third kappa shape index (κ3) is 4.32. The van der Waals surface area contributed by atoms with Crippen molar-refractivity contribution in [3.8, 4) is 28.2 Å². The zero-order valence-electron chi connectivity index (χ0n) is 29.9. The fourth-order valence-corrected chi connectivity index (χ4v) is 9.25. The molecule has 0 unspecified atom stereocenters. The van der Waals surface area contributed by atoms with Gasteiger partial charge in [-0.3, -0.25) is 0 Å². The van der Waals surface area contributed by atoms with E-state index in [4.69, 9.17) is 0 Å². The molecule has 9 aromatic carbocycles. The first-order valence-electron chi connectivity index (χ1n) is 18.9. The molecule has 3 heterocycles. The minimum absolute atomic E-state index is 1.14. The van der Waals surface area contributed by atoms with Crippen molar-refractivity contribution in [2.45, 2.75) is 0 Å². The molecular formula is C52H33N3. The molecule has 3 aromatic heterocycles. The first kappa shape index (κ1) is 30.1. The smallest absolute Gasteiger partial charge is 0.0641 e. The summed E-state index contributed by atoms with van der Waals surface area (Å²) in [4.78, 5) is 0. The summed E-state index contributed by atoms with van der Waals surface area (Å²) in [7, 11) is 0. The number of benzene rings is 9. The number of nitrogens with zero attached hydrogens (tertiary/aromatic N) is 3. The second kappa shape index (κ2) is 11.6. The van der Waals surface area contributed by atoms with Gasteiger partial charge in [0.15, 0.2) is 0 Å². The Balaban J connectivity index is 1.07. The van der Waals surface area contributed by atoms with Crippen LogP contribution in [0.1, 0.15) is 0 Å². The van der Waals surface area contributed by atoms with Gasteiger partial charge in [0.2, 0.25) is 0 Å². The number of hydrogen-bond acceptors (Lipinski definition) is 0. The second-order valence-electron chi connectivity index (χ2n) is 14.5. The minimum atomic E-state index is 1.14.